The topological polar surface area (TPSA) is 98.3 Å². The maximum atomic E-state index is 11.7. The van der Waals surface area contributed by atoms with Gasteiger partial charge in [-0.3, -0.25) is 19.8 Å². The quantitative estimate of drug-likeness (QED) is 0.707. The smallest absolute Gasteiger partial charge is 0.328 e. The molecule has 19 heavy (non-hydrogen) atoms. The van der Waals surface area contributed by atoms with Crippen LogP contribution in [0.15, 0.2) is 38.8 Å². The summed E-state index contributed by atoms with van der Waals surface area (Å²) in [5, 5.41) is 9.63. The summed E-state index contributed by atoms with van der Waals surface area (Å²) in [6.45, 7) is 3.48. The van der Waals surface area contributed by atoms with Crippen molar-refractivity contribution >= 4 is 11.4 Å². The number of hydrogen-bond donors (Lipinski definition) is 3. The lowest BCUT2D eigenvalue weighted by Gasteiger charge is -2.04. The Morgan fingerprint density at radius 1 is 1.21 bits per heavy atom. The molecule has 0 amide bonds. The van der Waals surface area contributed by atoms with Gasteiger partial charge in [-0.2, -0.15) is 0 Å². The van der Waals surface area contributed by atoms with Crippen molar-refractivity contribution in [2.75, 3.05) is 0 Å². The highest BCUT2D eigenvalue weighted by atomic mass is 16.3. The van der Waals surface area contributed by atoms with E-state index in [9.17, 15) is 14.7 Å². The van der Waals surface area contributed by atoms with Crippen LogP contribution < -0.4 is 11.2 Å². The Bertz CT molecular complexity index is 756. The van der Waals surface area contributed by atoms with Gasteiger partial charge >= 0.3 is 5.69 Å². The molecule has 1 aromatic heterocycles. The van der Waals surface area contributed by atoms with Gasteiger partial charge in [0, 0.05) is 0 Å². The largest absolute Gasteiger partial charge is 0.494 e. The van der Waals surface area contributed by atoms with Gasteiger partial charge < -0.3 is 5.11 Å². The Hall–Kier alpha value is -2.63. The Balaban J connectivity index is 2.57. The first-order valence-electron chi connectivity index (χ1n) is 5.66. The van der Waals surface area contributed by atoms with E-state index in [1.165, 1.54) is 0 Å². The number of nitrogens with one attached hydrogen (secondary N) is 2. The van der Waals surface area contributed by atoms with Gasteiger partial charge in [0.15, 0.2) is 0 Å². The molecule has 0 aliphatic carbocycles. The number of aliphatic imine (C=N–C) groups is 1. The number of aromatic nitrogens is 2. The highest BCUT2D eigenvalue weighted by Gasteiger charge is 2.12. The first-order chi connectivity index (χ1) is 8.99. The van der Waals surface area contributed by atoms with Crippen LogP contribution in [-0.4, -0.2) is 20.8 Å². The van der Waals surface area contributed by atoms with Gasteiger partial charge in [0.1, 0.15) is 5.56 Å². The molecule has 3 N–H and O–H groups in total. The van der Waals surface area contributed by atoms with Gasteiger partial charge in [0.2, 0.25) is 5.88 Å². The van der Waals surface area contributed by atoms with E-state index >= 15 is 0 Å². The number of aromatic amines is 2. The zero-order chi connectivity index (χ0) is 14.0. The van der Waals surface area contributed by atoms with Crippen molar-refractivity contribution in [3.8, 4) is 5.88 Å². The molecular weight excluding hydrogens is 246 g/mol. The monoisotopic (exact) mass is 259 g/mol. The molecule has 0 saturated carbocycles. The van der Waals surface area contributed by atoms with Crippen molar-refractivity contribution in [2.24, 2.45) is 4.99 Å². The number of rotatable bonds is 2. The molecule has 1 aromatic carbocycles. The molecule has 0 aliphatic rings. The molecule has 0 unspecified atom stereocenters. The molecule has 0 aliphatic heterocycles. The number of aryl methyl sites for hydroxylation is 1. The summed E-state index contributed by atoms with van der Waals surface area (Å²) < 4.78 is 0. The normalized spacial score (nSPS) is 11.6. The SMILES string of the molecule is CC(=Nc1ccccc1C)c1c(O)[nH]c(=O)[nH]c1=O. The fraction of sp³-hybridized carbons (Fsp3) is 0.154. The van der Waals surface area contributed by atoms with E-state index in [-0.39, 0.29) is 5.56 Å². The predicted molar refractivity (Wildman–Crippen MR) is 72.4 cm³/mol. The molecule has 0 fully saturated rings. The van der Waals surface area contributed by atoms with Gasteiger partial charge in [-0.25, -0.2) is 4.79 Å². The number of para-hydroxylation sites is 1. The van der Waals surface area contributed by atoms with Gasteiger partial charge in [-0.1, -0.05) is 18.2 Å². The van der Waals surface area contributed by atoms with E-state index in [4.69, 9.17) is 0 Å². The maximum absolute atomic E-state index is 11.7. The predicted octanol–water partition coefficient (Wildman–Crippen LogP) is 1.22. The molecule has 0 atom stereocenters. The van der Waals surface area contributed by atoms with Crippen LogP contribution in [0.5, 0.6) is 5.88 Å². The number of benzene rings is 1. The van der Waals surface area contributed by atoms with Crippen molar-refractivity contribution in [3.05, 3.63) is 56.2 Å². The number of aromatic hydroxyl groups is 1. The van der Waals surface area contributed by atoms with Crippen LogP contribution in [0.4, 0.5) is 5.69 Å². The van der Waals surface area contributed by atoms with Crippen LogP contribution in [0, 0.1) is 6.92 Å². The Morgan fingerprint density at radius 2 is 1.89 bits per heavy atom. The van der Waals surface area contributed by atoms with Crippen LogP contribution in [0.3, 0.4) is 0 Å². The van der Waals surface area contributed by atoms with Crippen molar-refractivity contribution in [3.63, 3.8) is 0 Å². The molecule has 98 valence electrons. The number of nitrogens with zero attached hydrogens (tertiary/aromatic N) is 1. The van der Waals surface area contributed by atoms with Gasteiger partial charge in [-0.15, -0.1) is 0 Å². The minimum atomic E-state index is -0.755. The standard InChI is InChI=1S/C13H13N3O3/c1-7-5-3-4-6-9(7)14-8(2)10-11(17)15-13(19)16-12(10)18/h3-6H,1-2H3,(H3,15,16,17,18,19). The second-order valence-electron chi connectivity index (χ2n) is 4.12. The zero-order valence-electron chi connectivity index (χ0n) is 10.5. The maximum Gasteiger partial charge on any atom is 0.328 e. The van der Waals surface area contributed by atoms with Crippen LogP contribution >= 0.6 is 0 Å². The Morgan fingerprint density at radius 3 is 2.53 bits per heavy atom. The summed E-state index contributed by atoms with van der Waals surface area (Å²) in [4.78, 5) is 31.1. The summed E-state index contributed by atoms with van der Waals surface area (Å²) >= 11 is 0. The van der Waals surface area contributed by atoms with Gasteiger partial charge in [-0.05, 0) is 25.5 Å². The van der Waals surface area contributed by atoms with Crippen LogP contribution in [0.1, 0.15) is 18.1 Å². The zero-order valence-corrected chi connectivity index (χ0v) is 10.5. The lowest BCUT2D eigenvalue weighted by Crippen LogP contribution is -2.27. The lowest BCUT2D eigenvalue weighted by molar-refractivity contribution is 0.447. The number of hydrogen-bond acceptors (Lipinski definition) is 4. The van der Waals surface area contributed by atoms with E-state index < -0.39 is 17.1 Å². The van der Waals surface area contributed by atoms with Crippen LogP contribution in [0.25, 0.3) is 0 Å². The molecule has 0 bridgehead atoms. The van der Waals surface area contributed by atoms with Crippen LogP contribution in [-0.2, 0) is 0 Å². The molecule has 6 nitrogen and oxygen atoms in total. The Labute approximate surface area is 108 Å². The van der Waals surface area contributed by atoms with E-state index in [0.717, 1.165) is 5.56 Å². The molecule has 0 saturated heterocycles. The highest BCUT2D eigenvalue weighted by Crippen LogP contribution is 2.19. The lowest BCUT2D eigenvalue weighted by atomic mass is 10.2. The fourth-order valence-electron chi connectivity index (χ4n) is 1.74. The molecular formula is C13H13N3O3. The molecule has 6 heteroatoms. The van der Waals surface area contributed by atoms with E-state index in [2.05, 4.69) is 15.0 Å². The second kappa shape index (κ2) is 4.93. The average Bonchev–Trinajstić information content (AvgIpc) is 2.30. The molecule has 2 aromatic rings. The second-order valence-corrected chi connectivity index (χ2v) is 4.12. The fourth-order valence-corrected chi connectivity index (χ4v) is 1.74. The third kappa shape index (κ3) is 2.62. The molecule has 1 heterocycles. The molecule has 0 radical (unpaired) electrons. The summed E-state index contributed by atoms with van der Waals surface area (Å²) in [5.41, 5.74) is 0.505. The van der Waals surface area contributed by atoms with Crippen molar-refractivity contribution in [1.29, 1.82) is 0 Å². The first-order valence-corrected chi connectivity index (χ1v) is 5.66. The van der Waals surface area contributed by atoms with E-state index in [1.54, 1.807) is 13.0 Å². The minimum Gasteiger partial charge on any atom is -0.494 e. The molecule has 2 rings (SSSR count). The molecule has 0 spiro atoms. The third-order valence-electron chi connectivity index (χ3n) is 2.69. The summed E-state index contributed by atoms with van der Waals surface area (Å²) in [6, 6.07) is 7.41. The summed E-state index contributed by atoms with van der Waals surface area (Å²) in [6.07, 6.45) is 0. The van der Waals surface area contributed by atoms with Crippen LogP contribution in [0.2, 0.25) is 0 Å². The van der Waals surface area contributed by atoms with Crippen molar-refractivity contribution < 1.29 is 5.11 Å². The summed E-state index contributed by atoms with van der Waals surface area (Å²) in [7, 11) is 0. The van der Waals surface area contributed by atoms with E-state index in [0.29, 0.717) is 11.4 Å². The van der Waals surface area contributed by atoms with Gasteiger partial charge in [0.25, 0.3) is 5.56 Å². The third-order valence-corrected chi connectivity index (χ3v) is 2.69. The number of H-pyrrole nitrogens is 2. The Kier molecular flexibility index (Phi) is 3.33. The highest BCUT2D eigenvalue weighted by molar-refractivity contribution is 6.01. The van der Waals surface area contributed by atoms with E-state index in [1.807, 2.05) is 25.1 Å². The van der Waals surface area contributed by atoms with Gasteiger partial charge in [0.05, 0.1) is 11.4 Å². The van der Waals surface area contributed by atoms with Crippen molar-refractivity contribution in [2.45, 2.75) is 13.8 Å². The minimum absolute atomic E-state index is 0.0390. The first kappa shape index (κ1) is 12.8. The summed E-state index contributed by atoms with van der Waals surface area (Å²) in [5.74, 6) is -0.483. The van der Waals surface area contributed by atoms with Crippen molar-refractivity contribution in [1.82, 2.24) is 9.97 Å². The average molecular weight is 259 g/mol.